The molecule has 0 aliphatic rings. The predicted molar refractivity (Wildman–Crippen MR) is 80.5 cm³/mol. The Labute approximate surface area is 126 Å². The Kier molecular flexibility index (Phi) is 4.62. The number of benzene rings is 1. The van der Waals surface area contributed by atoms with Gasteiger partial charge in [-0.3, -0.25) is 4.79 Å². The van der Waals surface area contributed by atoms with Crippen LogP contribution in [0.4, 0.5) is 0 Å². The number of nitrogens with one attached hydrogen (secondary N) is 1. The highest BCUT2D eigenvalue weighted by Gasteiger charge is 2.17. The Morgan fingerprint density at radius 2 is 2.30 bits per heavy atom. The van der Waals surface area contributed by atoms with Gasteiger partial charge in [0.15, 0.2) is 0 Å². The fourth-order valence-electron chi connectivity index (χ4n) is 1.71. The molecule has 0 bridgehead atoms. The molecule has 0 spiro atoms. The molecule has 1 aromatic carbocycles. The van der Waals surface area contributed by atoms with Gasteiger partial charge in [0, 0.05) is 11.1 Å². The molecule has 4 nitrogen and oxygen atoms in total. The quantitative estimate of drug-likeness (QED) is 0.907. The first-order chi connectivity index (χ1) is 9.51. The molecule has 2 aromatic rings. The van der Waals surface area contributed by atoms with Crippen LogP contribution in [0, 0.1) is 0 Å². The summed E-state index contributed by atoms with van der Waals surface area (Å²) in [5.74, 6) is -0.318. The Morgan fingerprint density at radius 3 is 2.95 bits per heavy atom. The van der Waals surface area contributed by atoms with E-state index in [1.165, 1.54) is 23.1 Å². The fourth-order valence-corrected chi connectivity index (χ4v) is 2.77. The number of carbonyl (C=O) groups is 1. The van der Waals surface area contributed by atoms with Crippen molar-refractivity contribution >= 4 is 28.8 Å². The molecule has 0 saturated heterocycles. The number of nitrogens with zero attached hydrogens (tertiary/aromatic N) is 1. The van der Waals surface area contributed by atoms with E-state index in [-0.39, 0.29) is 23.3 Å². The van der Waals surface area contributed by atoms with Crippen molar-refractivity contribution in [3.05, 3.63) is 44.9 Å². The van der Waals surface area contributed by atoms with E-state index >= 15 is 0 Å². The maximum absolute atomic E-state index is 12.1. The predicted octanol–water partition coefficient (Wildman–Crippen LogP) is 3.56. The van der Waals surface area contributed by atoms with Gasteiger partial charge in [-0.2, -0.15) is 0 Å². The molecule has 2 N–H and O–H groups in total. The van der Waals surface area contributed by atoms with Gasteiger partial charge in [-0.05, 0) is 31.5 Å². The summed E-state index contributed by atoms with van der Waals surface area (Å²) >= 11 is 7.54. The van der Waals surface area contributed by atoms with Crippen LogP contribution in [0.2, 0.25) is 5.02 Å². The molecule has 0 aliphatic heterocycles. The molecular weight excluding hydrogens is 296 g/mol. The van der Waals surface area contributed by atoms with E-state index in [1.807, 2.05) is 13.1 Å². The van der Waals surface area contributed by atoms with E-state index in [4.69, 9.17) is 11.6 Å². The number of aryl methyl sites for hydroxylation is 1. The first kappa shape index (κ1) is 14.8. The normalized spacial score (nSPS) is 12.2. The summed E-state index contributed by atoms with van der Waals surface area (Å²) in [5.41, 5.74) is 0.255. The molecule has 106 valence electrons. The average molecular weight is 311 g/mol. The van der Waals surface area contributed by atoms with Crippen LogP contribution in [0.25, 0.3) is 0 Å². The third-order valence-corrected chi connectivity index (χ3v) is 4.49. The first-order valence-electron chi connectivity index (χ1n) is 6.25. The van der Waals surface area contributed by atoms with Crippen molar-refractivity contribution in [2.24, 2.45) is 0 Å². The molecule has 1 aromatic heterocycles. The number of phenols is 1. The van der Waals surface area contributed by atoms with Gasteiger partial charge in [-0.25, -0.2) is 4.98 Å². The summed E-state index contributed by atoms with van der Waals surface area (Å²) in [6.45, 7) is 3.93. The molecule has 1 atom stereocenters. The van der Waals surface area contributed by atoms with Gasteiger partial charge in [0.05, 0.1) is 16.6 Å². The van der Waals surface area contributed by atoms with Crippen LogP contribution in [0.1, 0.15) is 40.1 Å². The molecule has 0 aliphatic carbocycles. The maximum Gasteiger partial charge on any atom is 0.253 e. The molecular formula is C14H15ClN2O2S. The van der Waals surface area contributed by atoms with Crippen molar-refractivity contribution < 1.29 is 9.90 Å². The summed E-state index contributed by atoms with van der Waals surface area (Å²) in [6, 6.07) is 4.08. The minimum Gasteiger partial charge on any atom is -0.508 e. The lowest BCUT2D eigenvalue weighted by molar-refractivity contribution is 0.0939. The number of rotatable bonds is 4. The van der Waals surface area contributed by atoms with Crippen molar-refractivity contribution in [3.8, 4) is 5.75 Å². The molecule has 1 amide bonds. The summed E-state index contributed by atoms with van der Waals surface area (Å²) in [4.78, 5) is 17.6. The fraction of sp³-hybridized carbons (Fsp3) is 0.286. The summed E-state index contributed by atoms with van der Waals surface area (Å²) in [6.07, 6.45) is 2.75. The molecule has 6 heteroatoms. The zero-order valence-electron chi connectivity index (χ0n) is 11.2. The van der Waals surface area contributed by atoms with Crippen LogP contribution in [-0.2, 0) is 6.42 Å². The lowest BCUT2D eigenvalue weighted by Gasteiger charge is -2.12. The van der Waals surface area contributed by atoms with Gasteiger partial charge in [0.1, 0.15) is 10.8 Å². The molecule has 0 saturated carbocycles. The van der Waals surface area contributed by atoms with Crippen LogP contribution < -0.4 is 5.32 Å². The van der Waals surface area contributed by atoms with Crippen LogP contribution in [0.15, 0.2) is 24.4 Å². The van der Waals surface area contributed by atoms with Crippen LogP contribution in [0.5, 0.6) is 5.75 Å². The smallest absolute Gasteiger partial charge is 0.253 e. The zero-order valence-corrected chi connectivity index (χ0v) is 12.8. The maximum atomic E-state index is 12.1. The molecule has 1 unspecified atom stereocenters. The zero-order chi connectivity index (χ0) is 14.7. The summed E-state index contributed by atoms with van der Waals surface area (Å²) < 4.78 is 0. The Bertz CT molecular complexity index is 627. The number of amides is 1. The topological polar surface area (TPSA) is 62.2 Å². The van der Waals surface area contributed by atoms with Crippen LogP contribution in [0.3, 0.4) is 0 Å². The van der Waals surface area contributed by atoms with Gasteiger partial charge >= 0.3 is 0 Å². The van der Waals surface area contributed by atoms with Gasteiger partial charge in [0.2, 0.25) is 0 Å². The van der Waals surface area contributed by atoms with Gasteiger partial charge in [-0.15, -0.1) is 11.3 Å². The van der Waals surface area contributed by atoms with Crippen molar-refractivity contribution in [2.45, 2.75) is 26.3 Å². The van der Waals surface area contributed by atoms with Gasteiger partial charge in [0.25, 0.3) is 5.91 Å². The molecule has 20 heavy (non-hydrogen) atoms. The SMILES string of the molecule is CCc1cnc(C(C)NC(=O)c2cc(O)ccc2Cl)s1. The number of phenolic OH excluding ortho intramolecular Hbond substituents is 1. The highest BCUT2D eigenvalue weighted by Crippen LogP contribution is 2.24. The Hall–Kier alpha value is -1.59. The second-order valence-electron chi connectivity index (χ2n) is 4.38. The standard InChI is InChI=1S/C14H15ClN2O2S/c1-3-10-7-16-14(20-10)8(2)17-13(19)11-6-9(18)4-5-12(11)15/h4-8,18H,3H2,1-2H3,(H,17,19). The second-order valence-corrected chi connectivity index (χ2v) is 5.93. The largest absolute Gasteiger partial charge is 0.508 e. The number of hydrogen-bond acceptors (Lipinski definition) is 4. The van der Waals surface area contributed by atoms with E-state index in [2.05, 4.69) is 17.2 Å². The lowest BCUT2D eigenvalue weighted by Crippen LogP contribution is -2.26. The minimum absolute atomic E-state index is 0.00900. The molecule has 0 fully saturated rings. The lowest BCUT2D eigenvalue weighted by atomic mass is 10.2. The van der Waals surface area contributed by atoms with E-state index in [9.17, 15) is 9.90 Å². The molecule has 1 heterocycles. The Morgan fingerprint density at radius 1 is 1.55 bits per heavy atom. The van der Waals surface area contributed by atoms with Crippen molar-refractivity contribution in [1.29, 1.82) is 0 Å². The summed E-state index contributed by atoms with van der Waals surface area (Å²) in [5, 5.41) is 13.4. The number of halogens is 1. The third kappa shape index (κ3) is 3.29. The second kappa shape index (κ2) is 6.24. The van der Waals surface area contributed by atoms with Gasteiger partial charge < -0.3 is 10.4 Å². The van der Waals surface area contributed by atoms with Crippen molar-refractivity contribution in [3.63, 3.8) is 0 Å². The Balaban J connectivity index is 2.12. The average Bonchev–Trinajstić information content (AvgIpc) is 2.90. The van der Waals surface area contributed by atoms with E-state index in [0.29, 0.717) is 5.02 Å². The number of aromatic hydroxyl groups is 1. The van der Waals surface area contributed by atoms with Gasteiger partial charge in [-0.1, -0.05) is 18.5 Å². The monoisotopic (exact) mass is 310 g/mol. The minimum atomic E-state index is -0.327. The third-order valence-electron chi connectivity index (χ3n) is 2.83. The number of aromatic nitrogens is 1. The highest BCUT2D eigenvalue weighted by molar-refractivity contribution is 7.11. The number of carbonyl (C=O) groups excluding carboxylic acids is 1. The molecule has 2 rings (SSSR count). The number of hydrogen-bond donors (Lipinski definition) is 2. The van der Waals surface area contributed by atoms with E-state index in [1.54, 1.807) is 11.3 Å². The van der Waals surface area contributed by atoms with Crippen molar-refractivity contribution in [2.75, 3.05) is 0 Å². The highest BCUT2D eigenvalue weighted by atomic mass is 35.5. The first-order valence-corrected chi connectivity index (χ1v) is 7.44. The van der Waals surface area contributed by atoms with E-state index in [0.717, 1.165) is 11.4 Å². The van der Waals surface area contributed by atoms with Crippen LogP contribution >= 0.6 is 22.9 Å². The number of thiazole rings is 1. The summed E-state index contributed by atoms with van der Waals surface area (Å²) in [7, 11) is 0. The molecule has 0 radical (unpaired) electrons. The van der Waals surface area contributed by atoms with Crippen molar-refractivity contribution in [1.82, 2.24) is 10.3 Å². The van der Waals surface area contributed by atoms with E-state index < -0.39 is 0 Å². The van der Waals surface area contributed by atoms with Crippen LogP contribution in [-0.4, -0.2) is 16.0 Å².